The summed E-state index contributed by atoms with van der Waals surface area (Å²) in [5.41, 5.74) is 8.24. The summed E-state index contributed by atoms with van der Waals surface area (Å²) < 4.78 is 27.3. The second kappa shape index (κ2) is 14.0. The van der Waals surface area contributed by atoms with E-state index in [2.05, 4.69) is 16.9 Å². The molecule has 1 aliphatic rings. The number of anilines is 1. The van der Waals surface area contributed by atoms with Gasteiger partial charge in [-0.25, -0.2) is 8.42 Å². The van der Waals surface area contributed by atoms with Crippen LogP contribution in [0.2, 0.25) is 0 Å². The minimum atomic E-state index is -3.69. The Hall–Kier alpha value is -2.04. The lowest BCUT2D eigenvalue weighted by molar-refractivity contribution is -0.133. The Kier molecular flexibility index (Phi) is 11.8. The molecule has 1 aliphatic heterocycles. The molecule has 2 rings (SSSR count). The van der Waals surface area contributed by atoms with E-state index in [1.165, 1.54) is 16.1 Å². The molecule has 1 aromatic rings. The third-order valence-electron chi connectivity index (χ3n) is 6.83. The summed E-state index contributed by atoms with van der Waals surface area (Å²) in [6, 6.07) is 3.94. The Labute approximate surface area is 220 Å². The standard InChI is InChI=1S/C26H42N4O4S2/c1-20-18-22(28-3)19-21(2)23(20)11-17-36(33,34)30-14-12-26(13-15-30,25(27)32)29-24(31)10-8-6-5-7-9-16-35-4/h11,17-19,28H,5-10,12-16H2,1-4H3,(H2,27,32)(H,29,31)/b17-11+. The number of hydrogen-bond acceptors (Lipinski definition) is 6. The number of nitrogens with one attached hydrogen (secondary N) is 2. The molecule has 1 heterocycles. The molecular weight excluding hydrogens is 496 g/mol. The van der Waals surface area contributed by atoms with Crippen LogP contribution in [0.3, 0.4) is 0 Å². The lowest BCUT2D eigenvalue weighted by Gasteiger charge is -2.39. The largest absolute Gasteiger partial charge is 0.388 e. The number of piperidine rings is 1. The average molecular weight is 539 g/mol. The number of nitrogens with zero attached hydrogens (tertiary/aromatic N) is 1. The van der Waals surface area contributed by atoms with Crippen LogP contribution in [0, 0.1) is 13.8 Å². The molecular formula is C26H42N4O4S2. The van der Waals surface area contributed by atoms with Gasteiger partial charge < -0.3 is 16.4 Å². The Morgan fingerprint density at radius 3 is 2.22 bits per heavy atom. The molecule has 202 valence electrons. The molecule has 0 bridgehead atoms. The first kappa shape index (κ1) is 30.2. The maximum atomic E-state index is 13.0. The van der Waals surface area contributed by atoms with E-state index in [4.69, 9.17) is 5.73 Å². The third kappa shape index (κ3) is 8.52. The number of unbranched alkanes of at least 4 members (excludes halogenated alkanes) is 4. The van der Waals surface area contributed by atoms with Gasteiger partial charge in [0, 0.05) is 37.7 Å². The number of rotatable bonds is 14. The highest BCUT2D eigenvalue weighted by Gasteiger charge is 2.43. The minimum absolute atomic E-state index is 0.113. The van der Waals surface area contributed by atoms with Crippen LogP contribution in [0.4, 0.5) is 5.69 Å². The van der Waals surface area contributed by atoms with Crippen molar-refractivity contribution in [2.24, 2.45) is 5.73 Å². The summed E-state index contributed by atoms with van der Waals surface area (Å²) >= 11 is 1.84. The monoisotopic (exact) mass is 538 g/mol. The Morgan fingerprint density at radius 1 is 1.08 bits per heavy atom. The Morgan fingerprint density at radius 2 is 1.67 bits per heavy atom. The second-order valence-electron chi connectivity index (χ2n) is 9.53. The number of aryl methyl sites for hydroxylation is 2. The van der Waals surface area contributed by atoms with E-state index in [-0.39, 0.29) is 31.8 Å². The molecule has 2 amide bonds. The van der Waals surface area contributed by atoms with Crippen molar-refractivity contribution in [1.82, 2.24) is 9.62 Å². The summed E-state index contributed by atoms with van der Waals surface area (Å²) in [7, 11) is -1.85. The van der Waals surface area contributed by atoms with Crippen LogP contribution in [0.25, 0.3) is 6.08 Å². The number of carbonyl (C=O) groups is 2. The van der Waals surface area contributed by atoms with Crippen LogP contribution in [0.5, 0.6) is 0 Å². The molecule has 1 saturated heterocycles. The lowest BCUT2D eigenvalue weighted by Crippen LogP contribution is -2.62. The van der Waals surface area contributed by atoms with Gasteiger partial charge >= 0.3 is 0 Å². The van der Waals surface area contributed by atoms with E-state index in [0.717, 1.165) is 53.8 Å². The van der Waals surface area contributed by atoms with Gasteiger partial charge in [-0.15, -0.1) is 0 Å². The molecule has 1 fully saturated rings. The first-order chi connectivity index (χ1) is 17.0. The fraction of sp³-hybridized carbons (Fsp3) is 0.615. The number of carbonyl (C=O) groups excluding carboxylic acids is 2. The smallest absolute Gasteiger partial charge is 0.243 e. The maximum absolute atomic E-state index is 13.0. The van der Waals surface area contributed by atoms with E-state index in [1.807, 2.05) is 44.8 Å². The molecule has 0 aromatic heterocycles. The lowest BCUT2D eigenvalue weighted by atomic mass is 9.87. The average Bonchev–Trinajstić information content (AvgIpc) is 2.83. The number of primary amides is 1. The second-order valence-corrected chi connectivity index (χ2v) is 12.3. The topological polar surface area (TPSA) is 122 Å². The van der Waals surface area contributed by atoms with Gasteiger partial charge in [0.15, 0.2) is 0 Å². The quantitative estimate of drug-likeness (QED) is 0.310. The van der Waals surface area contributed by atoms with E-state index in [0.29, 0.717) is 6.42 Å². The van der Waals surface area contributed by atoms with Crippen molar-refractivity contribution in [3.63, 3.8) is 0 Å². The van der Waals surface area contributed by atoms with E-state index >= 15 is 0 Å². The molecule has 36 heavy (non-hydrogen) atoms. The Balaban J connectivity index is 1.95. The predicted molar refractivity (Wildman–Crippen MR) is 150 cm³/mol. The van der Waals surface area contributed by atoms with Gasteiger partial charge in [0.1, 0.15) is 5.54 Å². The summed E-state index contributed by atoms with van der Waals surface area (Å²) in [6.07, 6.45) is 9.55. The number of sulfonamides is 1. The Bertz CT molecular complexity index is 1010. The molecule has 0 aliphatic carbocycles. The van der Waals surface area contributed by atoms with Crippen molar-refractivity contribution in [3.8, 4) is 0 Å². The first-order valence-corrected chi connectivity index (χ1v) is 15.5. The number of benzene rings is 1. The summed E-state index contributed by atoms with van der Waals surface area (Å²) in [4.78, 5) is 24.8. The fourth-order valence-corrected chi connectivity index (χ4v) is 6.23. The van der Waals surface area contributed by atoms with Crippen molar-refractivity contribution in [2.45, 2.75) is 70.8 Å². The van der Waals surface area contributed by atoms with Crippen LogP contribution in [0.15, 0.2) is 17.5 Å². The number of hydrogen-bond donors (Lipinski definition) is 3. The van der Waals surface area contributed by atoms with Gasteiger partial charge in [-0.05, 0) is 86.4 Å². The molecule has 0 unspecified atom stereocenters. The highest BCUT2D eigenvalue weighted by atomic mass is 32.2. The summed E-state index contributed by atoms with van der Waals surface area (Å²) in [6.45, 7) is 4.11. The molecule has 0 saturated carbocycles. The third-order valence-corrected chi connectivity index (χ3v) is 9.09. The fourth-order valence-electron chi connectivity index (χ4n) is 4.57. The van der Waals surface area contributed by atoms with Crippen molar-refractivity contribution < 1.29 is 18.0 Å². The van der Waals surface area contributed by atoms with E-state index in [1.54, 1.807) is 6.08 Å². The van der Waals surface area contributed by atoms with Crippen LogP contribution in [0.1, 0.15) is 68.1 Å². The molecule has 10 heteroatoms. The summed E-state index contributed by atoms with van der Waals surface area (Å²) in [5, 5.41) is 7.15. The van der Waals surface area contributed by atoms with E-state index in [9.17, 15) is 18.0 Å². The summed E-state index contributed by atoms with van der Waals surface area (Å²) in [5.74, 6) is 0.342. The van der Waals surface area contributed by atoms with Gasteiger partial charge in [-0.3, -0.25) is 9.59 Å². The number of thioether (sulfide) groups is 1. The molecule has 0 spiro atoms. The van der Waals surface area contributed by atoms with Crippen molar-refractivity contribution in [3.05, 3.63) is 34.2 Å². The van der Waals surface area contributed by atoms with Crippen LogP contribution in [-0.4, -0.2) is 62.2 Å². The molecule has 0 atom stereocenters. The first-order valence-electron chi connectivity index (χ1n) is 12.6. The van der Waals surface area contributed by atoms with Crippen molar-refractivity contribution in [2.75, 3.05) is 37.5 Å². The van der Waals surface area contributed by atoms with Gasteiger partial charge in [0.05, 0.1) is 0 Å². The highest BCUT2D eigenvalue weighted by Crippen LogP contribution is 2.26. The molecule has 8 nitrogen and oxygen atoms in total. The van der Waals surface area contributed by atoms with Gasteiger partial charge in [0.2, 0.25) is 21.8 Å². The zero-order chi connectivity index (χ0) is 26.8. The van der Waals surface area contributed by atoms with Crippen molar-refractivity contribution in [1.29, 1.82) is 0 Å². The number of amides is 2. The maximum Gasteiger partial charge on any atom is 0.243 e. The highest BCUT2D eigenvalue weighted by molar-refractivity contribution is 7.98. The predicted octanol–water partition coefficient (Wildman–Crippen LogP) is 3.79. The molecule has 1 aromatic carbocycles. The zero-order valence-electron chi connectivity index (χ0n) is 22.1. The normalized spacial score (nSPS) is 16.2. The van der Waals surface area contributed by atoms with E-state index < -0.39 is 21.5 Å². The molecule has 4 N–H and O–H groups in total. The minimum Gasteiger partial charge on any atom is -0.388 e. The van der Waals surface area contributed by atoms with Crippen LogP contribution < -0.4 is 16.4 Å². The zero-order valence-corrected chi connectivity index (χ0v) is 23.7. The SMILES string of the molecule is CNc1cc(C)c(/C=C/S(=O)(=O)N2CCC(NC(=O)CCCCCCCSC)(C(N)=O)CC2)c(C)c1. The van der Waals surface area contributed by atoms with Crippen molar-refractivity contribution >= 4 is 45.4 Å². The van der Waals surface area contributed by atoms with Crippen LogP contribution in [-0.2, 0) is 19.6 Å². The van der Waals surface area contributed by atoms with Crippen LogP contribution >= 0.6 is 11.8 Å². The number of nitrogens with two attached hydrogens (primary N) is 1. The van der Waals surface area contributed by atoms with Gasteiger partial charge in [-0.1, -0.05) is 19.3 Å². The van der Waals surface area contributed by atoms with Gasteiger partial charge in [0.25, 0.3) is 0 Å². The molecule has 0 radical (unpaired) electrons. The van der Waals surface area contributed by atoms with Gasteiger partial charge in [-0.2, -0.15) is 16.1 Å².